The molecule has 0 unspecified atom stereocenters. The molecule has 10 heteroatoms. The number of nitrogens with zero attached hydrogens (tertiary/aromatic N) is 1. The summed E-state index contributed by atoms with van der Waals surface area (Å²) in [7, 11) is -5.64. The summed E-state index contributed by atoms with van der Waals surface area (Å²) in [5.41, 5.74) is 0. The van der Waals surface area contributed by atoms with Gasteiger partial charge in [0.2, 0.25) is 20.0 Å². The summed E-state index contributed by atoms with van der Waals surface area (Å²) in [5, 5.41) is 2.84. The van der Waals surface area contributed by atoms with Crippen LogP contribution in [0.25, 0.3) is 0 Å². The molecule has 0 aliphatic carbocycles. The molecule has 2 rings (SSSR count). The van der Waals surface area contributed by atoms with Gasteiger partial charge in [-0.25, -0.2) is 21.6 Å². The third-order valence-electron chi connectivity index (χ3n) is 3.74. The van der Waals surface area contributed by atoms with Crippen molar-refractivity contribution in [3.05, 3.63) is 24.3 Å². The molecule has 1 saturated heterocycles. The minimum atomic E-state index is -3.72. The highest BCUT2D eigenvalue weighted by atomic mass is 35.5. The van der Waals surface area contributed by atoms with Crippen LogP contribution in [0.4, 0.5) is 0 Å². The molecule has 1 aliphatic heterocycles. The molecule has 0 radical (unpaired) electrons. The molecule has 24 heavy (non-hydrogen) atoms. The molecule has 0 saturated carbocycles. The van der Waals surface area contributed by atoms with Gasteiger partial charge in [-0.15, -0.1) is 12.4 Å². The second-order valence-electron chi connectivity index (χ2n) is 5.44. The van der Waals surface area contributed by atoms with Gasteiger partial charge in [0.15, 0.2) is 0 Å². The lowest BCUT2D eigenvalue weighted by atomic mass is 10.2. The first-order valence-corrected chi connectivity index (χ1v) is 10.5. The van der Waals surface area contributed by atoms with E-state index in [0.29, 0.717) is 19.6 Å². The van der Waals surface area contributed by atoms with E-state index in [1.54, 1.807) is 7.05 Å². The highest BCUT2D eigenvalue weighted by Crippen LogP contribution is 2.22. The molecule has 1 fully saturated rings. The molecule has 1 aromatic carbocycles. The van der Waals surface area contributed by atoms with Crippen molar-refractivity contribution in [2.75, 3.05) is 33.2 Å². The van der Waals surface area contributed by atoms with E-state index in [4.69, 9.17) is 0 Å². The van der Waals surface area contributed by atoms with Crippen molar-refractivity contribution in [3.63, 3.8) is 0 Å². The van der Waals surface area contributed by atoms with Crippen LogP contribution in [0.15, 0.2) is 34.1 Å². The molecule has 0 spiro atoms. The van der Waals surface area contributed by atoms with Crippen LogP contribution in [-0.2, 0) is 20.0 Å². The van der Waals surface area contributed by atoms with Gasteiger partial charge in [0.25, 0.3) is 0 Å². The Morgan fingerprint density at radius 2 is 1.62 bits per heavy atom. The van der Waals surface area contributed by atoms with Crippen molar-refractivity contribution >= 4 is 32.5 Å². The van der Waals surface area contributed by atoms with Gasteiger partial charge in [-0.05, 0) is 38.1 Å². The largest absolute Gasteiger partial charge is 0.318 e. The second kappa shape index (κ2) is 9.12. The molecule has 0 atom stereocenters. The number of benzene rings is 1. The number of sulfonamides is 2. The summed E-state index contributed by atoms with van der Waals surface area (Å²) in [6.45, 7) is 1.70. The predicted octanol–water partition coefficient (Wildman–Crippen LogP) is 0.781. The second-order valence-corrected chi connectivity index (χ2v) is 9.15. The first kappa shape index (κ1) is 21.3. The number of halogens is 1. The molecule has 0 bridgehead atoms. The summed E-state index contributed by atoms with van der Waals surface area (Å²) in [5.74, 6) is 0. The Kier molecular flexibility index (Phi) is 8.10. The Labute approximate surface area is 150 Å². The smallest absolute Gasteiger partial charge is 0.243 e. The molecule has 0 amide bonds. The number of rotatable bonds is 7. The van der Waals surface area contributed by atoms with Gasteiger partial charge in [0, 0.05) is 26.2 Å². The lowest BCUT2D eigenvalue weighted by molar-refractivity contribution is 0.346. The van der Waals surface area contributed by atoms with Crippen molar-refractivity contribution < 1.29 is 16.8 Å². The minimum absolute atomic E-state index is 0. The molecule has 7 nitrogen and oxygen atoms in total. The fourth-order valence-electron chi connectivity index (χ4n) is 2.45. The maximum Gasteiger partial charge on any atom is 0.243 e. The Balaban J connectivity index is 0.00000288. The normalized spacial score (nSPS) is 16.5. The van der Waals surface area contributed by atoms with Crippen LogP contribution in [0.1, 0.15) is 19.3 Å². The fourth-order valence-corrected chi connectivity index (χ4v) is 5.17. The lowest BCUT2D eigenvalue weighted by Gasteiger charge is -2.26. The van der Waals surface area contributed by atoms with Crippen molar-refractivity contribution in [1.82, 2.24) is 14.3 Å². The van der Waals surface area contributed by atoms with Gasteiger partial charge in [0.05, 0.1) is 9.79 Å². The standard InChI is InChI=1S/C14H23N3O4S2.ClH/c1-15-8-9-16-22(18,19)13-6-5-7-14(12-13)23(20,21)17-10-3-2-4-11-17;/h5-7,12,15-16H,2-4,8-11H2,1H3;1H. The Hall–Kier alpha value is -0.710. The Morgan fingerprint density at radius 3 is 2.25 bits per heavy atom. The average molecular weight is 398 g/mol. The van der Waals surface area contributed by atoms with Crippen LogP contribution >= 0.6 is 12.4 Å². The van der Waals surface area contributed by atoms with E-state index in [1.165, 1.54) is 28.6 Å². The molecule has 1 aromatic rings. The third-order valence-corrected chi connectivity index (χ3v) is 7.09. The van der Waals surface area contributed by atoms with Gasteiger partial charge in [-0.1, -0.05) is 12.5 Å². The van der Waals surface area contributed by atoms with Crippen molar-refractivity contribution in [1.29, 1.82) is 0 Å². The molecule has 1 aliphatic rings. The Morgan fingerprint density at radius 1 is 1.00 bits per heavy atom. The fraction of sp³-hybridized carbons (Fsp3) is 0.571. The average Bonchev–Trinajstić information content (AvgIpc) is 2.56. The van der Waals surface area contributed by atoms with E-state index < -0.39 is 20.0 Å². The number of likely N-dealkylation sites (N-methyl/N-ethyl adjacent to an activating group) is 1. The number of hydrogen-bond acceptors (Lipinski definition) is 5. The van der Waals surface area contributed by atoms with E-state index in [-0.39, 0.29) is 28.7 Å². The number of nitrogens with one attached hydrogen (secondary N) is 2. The first-order valence-electron chi connectivity index (χ1n) is 7.62. The van der Waals surface area contributed by atoms with E-state index >= 15 is 0 Å². The zero-order valence-corrected chi connectivity index (χ0v) is 16.0. The maximum absolute atomic E-state index is 12.6. The quantitative estimate of drug-likeness (QED) is 0.663. The minimum Gasteiger partial charge on any atom is -0.318 e. The third kappa shape index (κ3) is 5.14. The van der Waals surface area contributed by atoms with Crippen LogP contribution in [0.2, 0.25) is 0 Å². The summed E-state index contributed by atoms with van der Waals surface area (Å²) < 4.78 is 53.5. The van der Waals surface area contributed by atoms with Gasteiger partial charge in [-0.3, -0.25) is 0 Å². The van der Waals surface area contributed by atoms with E-state index in [1.807, 2.05) is 0 Å². The molecule has 1 heterocycles. The zero-order chi connectivity index (χ0) is 16.9. The maximum atomic E-state index is 12.6. The highest BCUT2D eigenvalue weighted by molar-refractivity contribution is 7.90. The first-order chi connectivity index (χ1) is 10.9. The van der Waals surface area contributed by atoms with E-state index in [9.17, 15) is 16.8 Å². The van der Waals surface area contributed by atoms with Crippen molar-refractivity contribution in [2.45, 2.75) is 29.1 Å². The lowest BCUT2D eigenvalue weighted by Crippen LogP contribution is -2.35. The molecular formula is C14H24ClN3O4S2. The topological polar surface area (TPSA) is 95.6 Å². The zero-order valence-electron chi connectivity index (χ0n) is 13.6. The Bertz CT molecular complexity index is 732. The van der Waals surface area contributed by atoms with Crippen LogP contribution < -0.4 is 10.0 Å². The van der Waals surface area contributed by atoms with Gasteiger partial charge >= 0.3 is 0 Å². The summed E-state index contributed by atoms with van der Waals surface area (Å²) in [6.07, 6.45) is 2.70. The monoisotopic (exact) mass is 397 g/mol. The van der Waals surface area contributed by atoms with Gasteiger partial charge in [0.1, 0.15) is 0 Å². The van der Waals surface area contributed by atoms with Crippen LogP contribution in [0.5, 0.6) is 0 Å². The molecule has 2 N–H and O–H groups in total. The van der Waals surface area contributed by atoms with Crippen molar-refractivity contribution in [3.8, 4) is 0 Å². The number of piperidine rings is 1. The molecule has 138 valence electrons. The number of hydrogen-bond donors (Lipinski definition) is 2. The van der Waals surface area contributed by atoms with E-state index in [2.05, 4.69) is 10.0 Å². The summed E-state index contributed by atoms with van der Waals surface area (Å²) in [4.78, 5) is -0.0115. The molecular weight excluding hydrogens is 374 g/mol. The van der Waals surface area contributed by atoms with Crippen LogP contribution in [0, 0.1) is 0 Å². The van der Waals surface area contributed by atoms with Crippen LogP contribution in [-0.4, -0.2) is 54.4 Å². The van der Waals surface area contributed by atoms with Crippen LogP contribution in [0.3, 0.4) is 0 Å². The van der Waals surface area contributed by atoms with Crippen molar-refractivity contribution in [2.24, 2.45) is 0 Å². The van der Waals surface area contributed by atoms with E-state index in [0.717, 1.165) is 19.3 Å². The molecule has 0 aromatic heterocycles. The summed E-state index contributed by atoms with van der Waals surface area (Å²) in [6, 6.07) is 5.53. The SMILES string of the molecule is CNCCNS(=O)(=O)c1cccc(S(=O)(=O)N2CCCCC2)c1.Cl. The van der Waals surface area contributed by atoms with Gasteiger partial charge in [-0.2, -0.15) is 4.31 Å². The summed E-state index contributed by atoms with van der Waals surface area (Å²) >= 11 is 0. The van der Waals surface area contributed by atoms with Gasteiger partial charge < -0.3 is 5.32 Å². The predicted molar refractivity (Wildman–Crippen MR) is 95.4 cm³/mol. The highest BCUT2D eigenvalue weighted by Gasteiger charge is 2.27.